The van der Waals surface area contributed by atoms with Crippen LogP contribution in [-0.4, -0.2) is 57.0 Å². The maximum absolute atomic E-state index is 13.0. The number of anilines is 1. The molecule has 2 fully saturated rings. The number of carbonyl (C=O) groups is 1. The van der Waals surface area contributed by atoms with Gasteiger partial charge in [0, 0.05) is 32.1 Å². The van der Waals surface area contributed by atoms with Crippen LogP contribution in [0.3, 0.4) is 0 Å². The van der Waals surface area contributed by atoms with Crippen molar-refractivity contribution >= 4 is 21.9 Å². The molecule has 2 aliphatic rings. The highest BCUT2D eigenvalue weighted by atomic mass is 32.2. The van der Waals surface area contributed by atoms with E-state index in [-0.39, 0.29) is 29.6 Å². The first kappa shape index (κ1) is 22.3. The fourth-order valence-electron chi connectivity index (χ4n) is 4.30. The van der Waals surface area contributed by atoms with Crippen molar-refractivity contribution in [3.63, 3.8) is 0 Å². The number of hydrogen-bond acceptors (Lipinski definition) is 8. The van der Waals surface area contributed by atoms with Gasteiger partial charge in [-0.2, -0.15) is 9.57 Å². The van der Waals surface area contributed by atoms with Gasteiger partial charge in [-0.05, 0) is 37.1 Å². The maximum Gasteiger partial charge on any atom is 0.337 e. The van der Waals surface area contributed by atoms with Crippen LogP contribution in [0.5, 0.6) is 0 Å². The molecule has 2 aromatic rings. The molecule has 1 aliphatic heterocycles. The van der Waals surface area contributed by atoms with E-state index >= 15 is 0 Å². The Bertz CT molecular complexity index is 1110. The van der Waals surface area contributed by atoms with Crippen molar-refractivity contribution in [1.29, 1.82) is 5.26 Å². The van der Waals surface area contributed by atoms with E-state index in [1.165, 1.54) is 42.1 Å². The van der Waals surface area contributed by atoms with Gasteiger partial charge in [0.15, 0.2) is 0 Å². The summed E-state index contributed by atoms with van der Waals surface area (Å²) in [5.41, 5.74) is 0.555. The van der Waals surface area contributed by atoms with E-state index in [1.807, 2.05) is 4.90 Å². The number of nitriles is 1. The average Bonchev–Trinajstić information content (AvgIpc) is 3.29. The SMILES string of the molecule is COC(=O)c1ccc(S(=O)(=O)N2CCN(c3oc(C4CCCCC4)nc3C#N)CC2)cc1. The average molecular weight is 459 g/mol. The van der Waals surface area contributed by atoms with E-state index in [0.29, 0.717) is 30.4 Å². The van der Waals surface area contributed by atoms with Crippen LogP contribution in [-0.2, 0) is 14.8 Å². The van der Waals surface area contributed by atoms with Gasteiger partial charge in [0.2, 0.25) is 27.5 Å². The first-order valence-corrected chi connectivity index (χ1v) is 12.2. The highest BCUT2D eigenvalue weighted by Gasteiger charge is 2.32. The first-order valence-electron chi connectivity index (χ1n) is 10.8. The van der Waals surface area contributed by atoms with Gasteiger partial charge >= 0.3 is 5.97 Å². The molecule has 4 rings (SSSR count). The lowest BCUT2D eigenvalue weighted by Crippen LogP contribution is -2.48. The molecule has 9 nitrogen and oxygen atoms in total. The Morgan fingerprint density at radius 1 is 1.12 bits per heavy atom. The lowest BCUT2D eigenvalue weighted by Gasteiger charge is -2.33. The third-order valence-electron chi connectivity index (χ3n) is 6.13. The van der Waals surface area contributed by atoms with Crippen LogP contribution in [0.1, 0.15) is 60.0 Å². The second-order valence-corrected chi connectivity index (χ2v) is 10.00. The van der Waals surface area contributed by atoms with E-state index < -0.39 is 16.0 Å². The minimum absolute atomic E-state index is 0.121. The molecule has 0 spiro atoms. The summed E-state index contributed by atoms with van der Waals surface area (Å²) >= 11 is 0. The number of aromatic nitrogens is 1. The van der Waals surface area contributed by atoms with Crippen LogP contribution in [0.15, 0.2) is 33.6 Å². The molecular formula is C22H26N4O5S. The zero-order valence-corrected chi connectivity index (χ0v) is 18.8. The molecule has 0 amide bonds. The lowest BCUT2D eigenvalue weighted by atomic mass is 9.89. The number of carbonyl (C=O) groups excluding carboxylic acids is 1. The smallest absolute Gasteiger partial charge is 0.337 e. The number of hydrogen-bond donors (Lipinski definition) is 0. The Labute approximate surface area is 187 Å². The molecule has 1 saturated carbocycles. The fraction of sp³-hybridized carbons (Fsp3) is 0.500. The summed E-state index contributed by atoms with van der Waals surface area (Å²) in [4.78, 5) is 18.0. The summed E-state index contributed by atoms with van der Waals surface area (Å²) in [5.74, 6) is 0.791. The molecule has 1 aliphatic carbocycles. The van der Waals surface area contributed by atoms with Gasteiger partial charge < -0.3 is 14.1 Å². The molecule has 1 saturated heterocycles. The van der Waals surface area contributed by atoms with Crippen molar-refractivity contribution in [2.24, 2.45) is 0 Å². The van der Waals surface area contributed by atoms with E-state index in [2.05, 4.69) is 15.8 Å². The standard InChI is InChI=1S/C22H26N4O5S/c1-30-22(27)17-7-9-18(10-8-17)32(28,29)26-13-11-25(12-14-26)21-19(15-23)24-20(31-21)16-5-3-2-4-6-16/h7-10,16H,2-6,11-14H2,1H3. The number of oxazole rings is 1. The van der Waals surface area contributed by atoms with Gasteiger partial charge in [-0.1, -0.05) is 19.3 Å². The van der Waals surface area contributed by atoms with Crippen LogP contribution in [0.25, 0.3) is 0 Å². The number of methoxy groups -OCH3 is 1. The Morgan fingerprint density at radius 3 is 2.38 bits per heavy atom. The zero-order valence-electron chi connectivity index (χ0n) is 18.0. The first-order chi connectivity index (χ1) is 15.4. The Hall–Kier alpha value is -2.90. The van der Waals surface area contributed by atoms with Crippen molar-refractivity contribution in [3.8, 4) is 6.07 Å². The minimum Gasteiger partial charge on any atom is -0.465 e. The molecule has 1 aromatic heterocycles. The molecular weight excluding hydrogens is 432 g/mol. The van der Waals surface area contributed by atoms with E-state index in [9.17, 15) is 18.5 Å². The predicted octanol–water partition coefficient (Wildman–Crippen LogP) is 2.89. The molecule has 0 atom stereocenters. The molecule has 170 valence electrons. The molecule has 0 radical (unpaired) electrons. The number of rotatable bonds is 5. The highest BCUT2D eigenvalue weighted by molar-refractivity contribution is 7.89. The number of ether oxygens (including phenoxy) is 1. The van der Waals surface area contributed by atoms with Gasteiger partial charge in [-0.25, -0.2) is 18.2 Å². The largest absolute Gasteiger partial charge is 0.465 e. The van der Waals surface area contributed by atoms with Crippen LogP contribution < -0.4 is 4.90 Å². The third-order valence-corrected chi connectivity index (χ3v) is 8.04. The van der Waals surface area contributed by atoms with Crippen molar-refractivity contribution in [2.45, 2.75) is 42.9 Å². The normalized spacial score (nSPS) is 18.3. The molecule has 10 heteroatoms. The maximum atomic E-state index is 13.0. The molecule has 0 bridgehead atoms. The fourth-order valence-corrected chi connectivity index (χ4v) is 5.72. The summed E-state index contributed by atoms with van der Waals surface area (Å²) in [5, 5.41) is 9.53. The Morgan fingerprint density at radius 2 is 1.78 bits per heavy atom. The molecule has 0 unspecified atom stereocenters. The lowest BCUT2D eigenvalue weighted by molar-refractivity contribution is 0.0600. The van der Waals surface area contributed by atoms with Crippen molar-refractivity contribution < 1.29 is 22.4 Å². The Kier molecular flexibility index (Phi) is 6.48. The van der Waals surface area contributed by atoms with Gasteiger partial charge in [0.05, 0.1) is 17.6 Å². The van der Waals surface area contributed by atoms with Crippen molar-refractivity contribution in [3.05, 3.63) is 41.4 Å². The number of sulfonamides is 1. The second-order valence-electron chi connectivity index (χ2n) is 8.06. The van der Waals surface area contributed by atoms with E-state index in [0.717, 1.165) is 25.7 Å². The molecule has 1 aromatic carbocycles. The highest BCUT2D eigenvalue weighted by Crippen LogP contribution is 2.35. The molecule has 32 heavy (non-hydrogen) atoms. The number of piperazine rings is 1. The summed E-state index contributed by atoms with van der Waals surface area (Å²) in [6.07, 6.45) is 5.54. The zero-order chi connectivity index (χ0) is 22.7. The minimum atomic E-state index is -3.70. The van der Waals surface area contributed by atoms with Gasteiger partial charge in [-0.3, -0.25) is 0 Å². The van der Waals surface area contributed by atoms with E-state index in [4.69, 9.17) is 4.42 Å². The third kappa shape index (κ3) is 4.36. The van der Waals surface area contributed by atoms with Crippen molar-refractivity contribution in [2.75, 3.05) is 38.2 Å². The van der Waals surface area contributed by atoms with Crippen LogP contribution in [0.2, 0.25) is 0 Å². The number of nitrogens with zero attached hydrogens (tertiary/aromatic N) is 4. The van der Waals surface area contributed by atoms with Crippen LogP contribution in [0.4, 0.5) is 5.88 Å². The summed E-state index contributed by atoms with van der Waals surface area (Å²) in [6.45, 7) is 1.30. The topological polar surface area (TPSA) is 117 Å². The van der Waals surface area contributed by atoms with Crippen LogP contribution in [0, 0.1) is 11.3 Å². The van der Waals surface area contributed by atoms with Gasteiger partial charge in [0.1, 0.15) is 6.07 Å². The summed E-state index contributed by atoms with van der Waals surface area (Å²) < 4.78 is 38.1. The second kappa shape index (κ2) is 9.30. The molecule has 0 N–H and O–H groups in total. The van der Waals surface area contributed by atoms with Gasteiger partial charge in [-0.15, -0.1) is 0 Å². The van der Waals surface area contributed by atoms with Crippen molar-refractivity contribution in [1.82, 2.24) is 9.29 Å². The molecule has 2 heterocycles. The summed E-state index contributed by atoms with van der Waals surface area (Å²) in [6, 6.07) is 7.83. The summed E-state index contributed by atoms with van der Waals surface area (Å²) in [7, 11) is -2.43. The number of benzene rings is 1. The predicted molar refractivity (Wildman–Crippen MR) is 116 cm³/mol. The van der Waals surface area contributed by atoms with Gasteiger partial charge in [0.25, 0.3) is 0 Å². The number of esters is 1. The quantitative estimate of drug-likeness (QED) is 0.628. The monoisotopic (exact) mass is 458 g/mol. The van der Waals surface area contributed by atoms with Crippen LogP contribution >= 0.6 is 0 Å². The van der Waals surface area contributed by atoms with E-state index in [1.54, 1.807) is 0 Å². The Balaban J connectivity index is 1.45.